The fourth-order valence-electron chi connectivity index (χ4n) is 3.26. The fourth-order valence-corrected chi connectivity index (χ4v) is 4.81. The Kier molecular flexibility index (Phi) is 6.44. The molecular formula is C21H22FN3O2S2. The van der Waals surface area contributed by atoms with E-state index in [4.69, 9.17) is 9.72 Å². The molecule has 0 aliphatic carbocycles. The van der Waals surface area contributed by atoms with Gasteiger partial charge < -0.3 is 4.74 Å². The number of carbonyl (C=O) groups excluding carboxylic acids is 1. The zero-order valence-corrected chi connectivity index (χ0v) is 17.8. The van der Waals surface area contributed by atoms with Gasteiger partial charge in [0.1, 0.15) is 5.82 Å². The number of fused-ring (bicyclic) bond motifs is 1. The van der Waals surface area contributed by atoms with E-state index >= 15 is 0 Å². The summed E-state index contributed by atoms with van der Waals surface area (Å²) in [7, 11) is 0. The van der Waals surface area contributed by atoms with Gasteiger partial charge >= 0.3 is 0 Å². The second-order valence-corrected chi connectivity index (χ2v) is 8.64. The number of benzene rings is 2. The molecule has 1 amide bonds. The van der Waals surface area contributed by atoms with Crippen molar-refractivity contribution in [2.45, 2.75) is 4.90 Å². The third-order valence-corrected chi connectivity index (χ3v) is 6.64. The molecule has 2 aromatic carbocycles. The Hall–Kier alpha value is -2.00. The molecule has 5 nitrogen and oxygen atoms in total. The van der Waals surface area contributed by atoms with Gasteiger partial charge in [0.05, 0.1) is 23.4 Å². The Morgan fingerprint density at radius 2 is 2.10 bits per heavy atom. The first kappa shape index (κ1) is 20.3. The number of amides is 1. The second kappa shape index (κ2) is 9.21. The van der Waals surface area contributed by atoms with Gasteiger partial charge in [-0.3, -0.25) is 14.6 Å². The normalized spacial score (nSPS) is 15.0. The third kappa shape index (κ3) is 4.78. The van der Waals surface area contributed by atoms with Crippen LogP contribution in [0.1, 0.15) is 10.4 Å². The molecule has 0 atom stereocenters. The highest BCUT2D eigenvalue weighted by molar-refractivity contribution is 7.98. The van der Waals surface area contributed by atoms with E-state index in [2.05, 4.69) is 11.0 Å². The molecule has 1 aliphatic heterocycles. The van der Waals surface area contributed by atoms with Crippen LogP contribution in [0, 0.1) is 5.82 Å². The quantitative estimate of drug-likeness (QED) is 0.549. The van der Waals surface area contributed by atoms with Crippen LogP contribution in [0.2, 0.25) is 0 Å². The predicted octanol–water partition coefficient (Wildman–Crippen LogP) is 4.14. The number of anilines is 1. The van der Waals surface area contributed by atoms with E-state index in [1.807, 2.05) is 18.4 Å². The second-order valence-electron chi connectivity index (χ2n) is 6.75. The number of thiazole rings is 1. The van der Waals surface area contributed by atoms with Gasteiger partial charge in [-0.1, -0.05) is 17.4 Å². The summed E-state index contributed by atoms with van der Waals surface area (Å²) in [5.41, 5.74) is 1.20. The van der Waals surface area contributed by atoms with Crippen LogP contribution in [-0.4, -0.2) is 61.4 Å². The molecule has 0 spiro atoms. The minimum absolute atomic E-state index is 0.234. The monoisotopic (exact) mass is 431 g/mol. The van der Waals surface area contributed by atoms with E-state index in [0.717, 1.165) is 34.7 Å². The van der Waals surface area contributed by atoms with E-state index in [9.17, 15) is 9.18 Å². The molecule has 2 heterocycles. The van der Waals surface area contributed by atoms with Gasteiger partial charge in [-0.2, -0.15) is 0 Å². The van der Waals surface area contributed by atoms with Crippen LogP contribution in [0.3, 0.4) is 0 Å². The molecule has 1 aliphatic rings. The Bertz CT molecular complexity index is 1000. The van der Waals surface area contributed by atoms with Crippen LogP contribution < -0.4 is 4.90 Å². The first-order valence-corrected chi connectivity index (χ1v) is 11.5. The Balaban J connectivity index is 1.64. The van der Waals surface area contributed by atoms with Crippen molar-refractivity contribution in [2.75, 3.05) is 50.5 Å². The molecule has 152 valence electrons. The van der Waals surface area contributed by atoms with Gasteiger partial charge in [-0.15, -0.1) is 11.8 Å². The molecule has 0 saturated carbocycles. The summed E-state index contributed by atoms with van der Waals surface area (Å²) in [5, 5.41) is 0.640. The molecule has 0 unspecified atom stereocenters. The third-order valence-electron chi connectivity index (χ3n) is 4.88. The van der Waals surface area contributed by atoms with Crippen LogP contribution >= 0.6 is 23.1 Å². The minimum atomic E-state index is -0.419. The summed E-state index contributed by atoms with van der Waals surface area (Å²) in [5.74, 6) is -0.653. The summed E-state index contributed by atoms with van der Waals surface area (Å²) >= 11 is 3.17. The number of thioether (sulfide) groups is 1. The molecule has 0 N–H and O–H groups in total. The van der Waals surface area contributed by atoms with Crippen LogP contribution in [0.15, 0.2) is 47.4 Å². The summed E-state index contributed by atoms with van der Waals surface area (Å²) < 4.78 is 20.2. The zero-order chi connectivity index (χ0) is 20.2. The number of morpholine rings is 1. The number of halogens is 1. The van der Waals surface area contributed by atoms with Crippen molar-refractivity contribution in [1.82, 2.24) is 9.88 Å². The lowest BCUT2D eigenvalue weighted by atomic mass is 10.2. The molecule has 0 bridgehead atoms. The summed E-state index contributed by atoms with van der Waals surface area (Å²) in [6.45, 7) is 4.31. The number of rotatable bonds is 6. The van der Waals surface area contributed by atoms with Gasteiger partial charge in [0.2, 0.25) is 0 Å². The average molecular weight is 432 g/mol. The van der Waals surface area contributed by atoms with Crippen molar-refractivity contribution in [3.8, 4) is 0 Å². The number of ether oxygens (including phenoxy) is 1. The van der Waals surface area contributed by atoms with Crippen molar-refractivity contribution < 1.29 is 13.9 Å². The van der Waals surface area contributed by atoms with E-state index in [0.29, 0.717) is 30.5 Å². The lowest BCUT2D eigenvalue weighted by molar-refractivity contribution is 0.0391. The smallest absolute Gasteiger partial charge is 0.260 e. The van der Waals surface area contributed by atoms with Crippen LogP contribution in [0.4, 0.5) is 9.52 Å². The van der Waals surface area contributed by atoms with Crippen molar-refractivity contribution in [2.24, 2.45) is 0 Å². The summed E-state index contributed by atoms with van der Waals surface area (Å²) in [4.78, 5) is 23.1. The molecule has 1 aromatic heterocycles. The average Bonchev–Trinajstić information content (AvgIpc) is 3.17. The van der Waals surface area contributed by atoms with Crippen LogP contribution in [0.25, 0.3) is 10.2 Å². The predicted molar refractivity (Wildman–Crippen MR) is 117 cm³/mol. The number of hydrogen-bond donors (Lipinski definition) is 0. The highest BCUT2D eigenvalue weighted by atomic mass is 32.2. The maximum atomic E-state index is 13.7. The Morgan fingerprint density at radius 3 is 2.86 bits per heavy atom. The van der Waals surface area contributed by atoms with E-state index < -0.39 is 5.82 Å². The maximum Gasteiger partial charge on any atom is 0.260 e. The van der Waals surface area contributed by atoms with Gasteiger partial charge in [-0.25, -0.2) is 9.37 Å². The summed E-state index contributed by atoms with van der Waals surface area (Å²) in [6.07, 6.45) is 2.03. The topological polar surface area (TPSA) is 45.7 Å². The SMILES string of the molecule is CSc1ccc2nc(N(CCN3CCOCC3)C(=O)c3cccc(F)c3)sc2c1. The van der Waals surface area contributed by atoms with Crippen molar-refractivity contribution in [3.63, 3.8) is 0 Å². The first-order chi connectivity index (χ1) is 14.1. The lowest BCUT2D eigenvalue weighted by Gasteiger charge is -2.29. The highest BCUT2D eigenvalue weighted by Gasteiger charge is 2.23. The number of aromatic nitrogens is 1. The van der Waals surface area contributed by atoms with Crippen molar-refractivity contribution >= 4 is 44.4 Å². The standard InChI is InChI=1S/C21H22FN3O2S2/c1-28-17-5-6-18-19(14-17)29-21(23-18)25(8-7-24-9-11-27-12-10-24)20(26)15-3-2-4-16(22)13-15/h2-6,13-14H,7-12H2,1H3. The fraction of sp³-hybridized carbons (Fsp3) is 0.333. The van der Waals surface area contributed by atoms with Gasteiger partial charge in [0.25, 0.3) is 5.91 Å². The maximum absolute atomic E-state index is 13.7. The largest absolute Gasteiger partial charge is 0.379 e. The zero-order valence-electron chi connectivity index (χ0n) is 16.1. The van der Waals surface area contributed by atoms with E-state index in [1.165, 1.54) is 23.5 Å². The molecule has 8 heteroatoms. The molecule has 1 fully saturated rings. The highest BCUT2D eigenvalue weighted by Crippen LogP contribution is 2.32. The number of carbonyl (C=O) groups is 1. The van der Waals surface area contributed by atoms with E-state index in [-0.39, 0.29) is 5.91 Å². The summed E-state index contributed by atoms with van der Waals surface area (Å²) in [6, 6.07) is 11.9. The van der Waals surface area contributed by atoms with Crippen LogP contribution in [0.5, 0.6) is 0 Å². The molecule has 0 radical (unpaired) electrons. The number of hydrogen-bond acceptors (Lipinski definition) is 6. The first-order valence-electron chi connectivity index (χ1n) is 9.46. The van der Waals surface area contributed by atoms with Gasteiger partial charge in [-0.05, 0) is 42.7 Å². The number of nitrogens with zero attached hydrogens (tertiary/aromatic N) is 3. The Morgan fingerprint density at radius 1 is 1.28 bits per heavy atom. The lowest BCUT2D eigenvalue weighted by Crippen LogP contribution is -2.43. The minimum Gasteiger partial charge on any atom is -0.379 e. The van der Waals surface area contributed by atoms with Gasteiger partial charge in [0, 0.05) is 36.6 Å². The molecule has 3 aromatic rings. The van der Waals surface area contributed by atoms with Gasteiger partial charge in [0.15, 0.2) is 5.13 Å². The molecule has 4 rings (SSSR count). The molecular weight excluding hydrogens is 409 g/mol. The molecule has 1 saturated heterocycles. The van der Waals surface area contributed by atoms with E-state index in [1.54, 1.807) is 28.8 Å². The Labute approximate surface area is 177 Å². The van der Waals surface area contributed by atoms with Crippen LogP contribution in [-0.2, 0) is 4.74 Å². The molecule has 29 heavy (non-hydrogen) atoms. The van der Waals surface area contributed by atoms with Crippen molar-refractivity contribution in [1.29, 1.82) is 0 Å². The van der Waals surface area contributed by atoms with Crippen molar-refractivity contribution in [3.05, 3.63) is 53.8 Å².